The van der Waals surface area contributed by atoms with Crippen molar-refractivity contribution in [1.29, 1.82) is 0 Å². The summed E-state index contributed by atoms with van der Waals surface area (Å²) in [5.74, 6) is -0.597. The number of piperazine rings is 1. The van der Waals surface area contributed by atoms with Crippen LogP contribution in [0.2, 0.25) is 0 Å². The highest BCUT2D eigenvalue weighted by Gasteiger charge is 2.33. The molecular weight excluding hydrogens is 425 g/mol. The van der Waals surface area contributed by atoms with Gasteiger partial charge in [-0.15, -0.1) is 0 Å². The number of hydrogen-bond acceptors (Lipinski definition) is 8. The Kier molecular flexibility index (Phi) is 5.84. The molecule has 32 heavy (non-hydrogen) atoms. The van der Waals surface area contributed by atoms with Crippen molar-refractivity contribution in [2.75, 3.05) is 54.0 Å². The van der Waals surface area contributed by atoms with Gasteiger partial charge in [-0.2, -0.15) is 0 Å². The number of benzene rings is 1. The van der Waals surface area contributed by atoms with E-state index < -0.39 is 22.9 Å². The standard InChI is InChI=1S/C20H22FN5O6/c1-13(27)22-11-15-12-25(20(28)31-15)14-2-3-17(16(21)10-14)23-6-8-24(9-7-23)18-4-5-19(32-18)26(29)30/h2-5,10,15H,6-9,11-12H2,1H3,(H,22,27). The minimum absolute atomic E-state index is 0.196. The number of nitro groups is 1. The third-order valence-electron chi connectivity index (χ3n) is 5.39. The summed E-state index contributed by atoms with van der Waals surface area (Å²) in [4.78, 5) is 38.5. The van der Waals surface area contributed by atoms with Crippen LogP contribution < -0.4 is 20.0 Å². The summed E-state index contributed by atoms with van der Waals surface area (Å²) in [5, 5.41) is 13.4. The molecule has 0 radical (unpaired) electrons. The molecule has 170 valence electrons. The van der Waals surface area contributed by atoms with Crippen molar-refractivity contribution < 1.29 is 28.1 Å². The summed E-state index contributed by atoms with van der Waals surface area (Å²) in [6, 6.07) is 7.43. The third-order valence-corrected chi connectivity index (χ3v) is 5.39. The van der Waals surface area contributed by atoms with Gasteiger partial charge in [-0.25, -0.2) is 9.18 Å². The lowest BCUT2D eigenvalue weighted by atomic mass is 10.2. The Morgan fingerprint density at radius 1 is 1.22 bits per heavy atom. The van der Waals surface area contributed by atoms with Crippen LogP contribution in [0.1, 0.15) is 6.92 Å². The van der Waals surface area contributed by atoms with Crippen LogP contribution in [-0.2, 0) is 9.53 Å². The fourth-order valence-electron chi connectivity index (χ4n) is 3.77. The summed E-state index contributed by atoms with van der Waals surface area (Å²) in [5.41, 5.74) is 0.782. The zero-order valence-corrected chi connectivity index (χ0v) is 17.3. The Hall–Kier alpha value is -3.83. The van der Waals surface area contributed by atoms with Gasteiger partial charge in [0.2, 0.25) is 11.8 Å². The first kappa shape index (κ1) is 21.4. The lowest BCUT2D eigenvalue weighted by Crippen LogP contribution is -2.46. The third kappa shape index (κ3) is 4.43. The number of nitrogens with one attached hydrogen (secondary N) is 1. The van der Waals surface area contributed by atoms with E-state index in [-0.39, 0.29) is 24.9 Å². The number of cyclic esters (lactones) is 1. The molecule has 0 bridgehead atoms. The maximum Gasteiger partial charge on any atom is 0.434 e. The number of ether oxygens (including phenoxy) is 1. The Balaban J connectivity index is 1.38. The lowest BCUT2D eigenvalue weighted by molar-refractivity contribution is -0.401. The molecule has 2 saturated heterocycles. The number of hydrogen-bond donors (Lipinski definition) is 1. The number of halogens is 1. The van der Waals surface area contributed by atoms with Crippen LogP contribution >= 0.6 is 0 Å². The van der Waals surface area contributed by atoms with Crippen LogP contribution in [0.25, 0.3) is 0 Å². The van der Waals surface area contributed by atoms with Gasteiger partial charge >= 0.3 is 12.0 Å². The lowest BCUT2D eigenvalue weighted by Gasteiger charge is -2.36. The van der Waals surface area contributed by atoms with Gasteiger partial charge in [-0.1, -0.05) is 0 Å². The molecule has 2 aromatic rings. The van der Waals surface area contributed by atoms with Gasteiger partial charge in [-0.05, 0) is 18.2 Å². The van der Waals surface area contributed by atoms with Crippen LogP contribution in [-0.4, -0.2) is 62.3 Å². The maximum absolute atomic E-state index is 14.9. The first-order valence-electron chi connectivity index (χ1n) is 10.1. The van der Waals surface area contributed by atoms with Crippen molar-refractivity contribution in [1.82, 2.24) is 5.32 Å². The highest BCUT2D eigenvalue weighted by atomic mass is 19.1. The fourth-order valence-corrected chi connectivity index (χ4v) is 3.77. The summed E-state index contributed by atoms with van der Waals surface area (Å²) >= 11 is 0. The molecule has 2 aliphatic rings. The van der Waals surface area contributed by atoms with E-state index in [2.05, 4.69) is 5.32 Å². The van der Waals surface area contributed by atoms with E-state index in [1.54, 1.807) is 18.2 Å². The first-order valence-corrected chi connectivity index (χ1v) is 10.1. The highest BCUT2D eigenvalue weighted by molar-refractivity contribution is 5.90. The molecule has 1 aromatic carbocycles. The van der Waals surface area contributed by atoms with Crippen molar-refractivity contribution in [2.45, 2.75) is 13.0 Å². The predicted molar refractivity (Wildman–Crippen MR) is 112 cm³/mol. The molecule has 11 nitrogen and oxygen atoms in total. The van der Waals surface area contributed by atoms with E-state index in [1.807, 2.05) is 9.80 Å². The topological polar surface area (TPSA) is 121 Å². The monoisotopic (exact) mass is 447 g/mol. The minimum atomic E-state index is -0.589. The molecule has 1 atom stereocenters. The van der Waals surface area contributed by atoms with E-state index >= 15 is 0 Å². The molecule has 1 unspecified atom stereocenters. The summed E-state index contributed by atoms with van der Waals surface area (Å²) < 4.78 is 25.3. The first-order chi connectivity index (χ1) is 15.3. The molecule has 0 saturated carbocycles. The number of carbonyl (C=O) groups excluding carboxylic acids is 2. The van der Waals surface area contributed by atoms with Crippen molar-refractivity contribution in [3.05, 3.63) is 46.3 Å². The van der Waals surface area contributed by atoms with Crippen LogP contribution in [0, 0.1) is 15.9 Å². The zero-order valence-electron chi connectivity index (χ0n) is 17.3. The van der Waals surface area contributed by atoms with E-state index in [4.69, 9.17) is 9.15 Å². The molecule has 4 rings (SSSR count). The normalized spacial score (nSPS) is 18.6. The highest BCUT2D eigenvalue weighted by Crippen LogP contribution is 2.30. The number of rotatable bonds is 6. The Morgan fingerprint density at radius 3 is 2.56 bits per heavy atom. The second-order valence-corrected chi connectivity index (χ2v) is 7.53. The molecule has 2 fully saturated rings. The van der Waals surface area contributed by atoms with Crippen LogP contribution in [0.4, 0.5) is 32.3 Å². The van der Waals surface area contributed by atoms with E-state index in [0.29, 0.717) is 43.4 Å². The molecule has 1 N–H and O–H groups in total. The minimum Gasteiger partial charge on any atom is -0.442 e. The molecular formula is C20H22FN5O6. The average Bonchev–Trinajstić information content (AvgIpc) is 3.39. The maximum atomic E-state index is 14.9. The largest absolute Gasteiger partial charge is 0.442 e. The van der Waals surface area contributed by atoms with Gasteiger partial charge in [0, 0.05) is 39.2 Å². The molecule has 1 aromatic heterocycles. The number of anilines is 3. The van der Waals surface area contributed by atoms with Gasteiger partial charge in [0.25, 0.3) is 0 Å². The molecule has 12 heteroatoms. The molecule has 0 spiro atoms. The van der Waals surface area contributed by atoms with Gasteiger partial charge < -0.3 is 24.3 Å². The SMILES string of the molecule is CC(=O)NCC1CN(c2ccc(N3CCN(c4ccc([N+](=O)[O-])o4)CC3)c(F)c2)C(=O)O1. The fraction of sp³-hybridized carbons (Fsp3) is 0.400. The summed E-state index contributed by atoms with van der Waals surface area (Å²) in [6.07, 6.45) is -1.09. The Labute approximate surface area is 182 Å². The molecule has 2 amide bonds. The summed E-state index contributed by atoms with van der Waals surface area (Å²) in [7, 11) is 0. The number of nitrogens with zero attached hydrogens (tertiary/aromatic N) is 4. The predicted octanol–water partition coefficient (Wildman–Crippen LogP) is 2.11. The van der Waals surface area contributed by atoms with Gasteiger partial charge in [0.15, 0.2) is 0 Å². The van der Waals surface area contributed by atoms with Gasteiger partial charge in [0.1, 0.15) is 16.8 Å². The van der Waals surface area contributed by atoms with Crippen molar-refractivity contribution in [2.24, 2.45) is 0 Å². The van der Waals surface area contributed by atoms with Crippen molar-refractivity contribution >= 4 is 35.1 Å². The second kappa shape index (κ2) is 8.73. The molecule has 0 aliphatic carbocycles. The zero-order chi connectivity index (χ0) is 22.8. The van der Waals surface area contributed by atoms with Crippen LogP contribution in [0.3, 0.4) is 0 Å². The van der Waals surface area contributed by atoms with Crippen molar-refractivity contribution in [3.63, 3.8) is 0 Å². The van der Waals surface area contributed by atoms with Crippen molar-refractivity contribution in [3.8, 4) is 0 Å². The van der Waals surface area contributed by atoms with Gasteiger partial charge in [-0.3, -0.25) is 19.8 Å². The number of amides is 2. The molecule has 3 heterocycles. The Morgan fingerprint density at radius 2 is 1.94 bits per heavy atom. The smallest absolute Gasteiger partial charge is 0.434 e. The van der Waals surface area contributed by atoms with Crippen LogP contribution in [0.5, 0.6) is 0 Å². The molecule has 2 aliphatic heterocycles. The van der Waals surface area contributed by atoms with E-state index in [0.717, 1.165) is 0 Å². The second-order valence-electron chi connectivity index (χ2n) is 7.53. The summed E-state index contributed by atoms with van der Waals surface area (Å²) in [6.45, 7) is 3.79. The quantitative estimate of drug-likeness (QED) is 0.528. The number of carbonyl (C=O) groups is 2. The average molecular weight is 447 g/mol. The number of furan rings is 1. The van der Waals surface area contributed by atoms with Gasteiger partial charge in [0.05, 0.1) is 30.5 Å². The Bertz CT molecular complexity index is 1040. The van der Waals surface area contributed by atoms with E-state index in [9.17, 15) is 24.1 Å². The van der Waals surface area contributed by atoms with E-state index in [1.165, 1.54) is 24.0 Å². The van der Waals surface area contributed by atoms with Crippen LogP contribution in [0.15, 0.2) is 34.7 Å².